The largest absolute Gasteiger partial charge is 0.304 e. The summed E-state index contributed by atoms with van der Waals surface area (Å²) in [4.78, 5) is 40.0. The average molecular weight is 1290 g/mol. The fraction of sp³-hybridized carbons (Fsp3) is 1.00. The van der Waals surface area contributed by atoms with Crippen molar-refractivity contribution in [3.8, 4) is 0 Å². The van der Waals surface area contributed by atoms with Gasteiger partial charge in [0.15, 0.2) is 0 Å². The van der Waals surface area contributed by atoms with E-state index in [4.69, 9.17) is 0 Å². The highest BCUT2D eigenvalue weighted by Crippen LogP contribution is 2.20. The topological polar surface area (TPSA) is 51.8 Å². The molecule has 0 aromatic carbocycles. The van der Waals surface area contributed by atoms with Gasteiger partial charge < -0.3 is 19.6 Å². The summed E-state index contributed by atoms with van der Waals surface area (Å²) in [6.45, 7) is 87.6. The first-order valence-electron chi connectivity index (χ1n) is 37.7. The number of nitrogens with zero attached hydrogens (tertiary/aromatic N) is 16. The lowest BCUT2D eigenvalue weighted by molar-refractivity contribution is 0.0424. The van der Waals surface area contributed by atoms with Crippen LogP contribution in [0.25, 0.3) is 0 Å². The van der Waals surface area contributed by atoms with Gasteiger partial charge in [-0.15, -0.1) is 0 Å². The molecule has 8 rings (SSSR count). The molecule has 8 aliphatic rings. The van der Waals surface area contributed by atoms with Gasteiger partial charge in [-0.05, 0) is 243 Å². The summed E-state index contributed by atoms with van der Waals surface area (Å²) in [5, 5.41) is 0. The first kappa shape index (κ1) is 88.4. The fourth-order valence-corrected chi connectivity index (χ4v) is 13.4. The lowest BCUT2D eigenvalue weighted by Gasteiger charge is -2.44. The van der Waals surface area contributed by atoms with E-state index >= 15 is 0 Å². The molecule has 0 aliphatic carbocycles. The first-order valence-corrected chi connectivity index (χ1v) is 37.7. The van der Waals surface area contributed by atoms with Crippen molar-refractivity contribution in [1.29, 1.82) is 0 Å². The molecular formula is C75H166N16. The highest BCUT2D eigenvalue weighted by Gasteiger charge is 2.32. The highest BCUT2D eigenvalue weighted by molar-refractivity contribution is 4.88. The summed E-state index contributed by atoms with van der Waals surface area (Å²) in [7, 11) is 17.7. The SMILES string of the molecule is CC(C)N1CCN(C)CC1.CC(C)N1CCN(C)[C@@H](C)C1.CC(C)N1CCN(C)[C@H](C)C1.CC(C)N1C[C@@H](C)N(C)[C@@H](C)C1.CC(C)N1C[C@@H](C)N(C)[C@@H](C)C1.CC(C)N1C[C@@H](C)N(C)[C@H](C)C1.CC(C)N1C[C@H](C)N(C)[C@@H](C)C1.CC1CN(C(C)C)CCN1C. The van der Waals surface area contributed by atoms with Crippen LogP contribution in [-0.4, -0.2) is 387 Å². The molecule has 16 nitrogen and oxygen atoms in total. The first-order chi connectivity index (χ1) is 42.1. The zero-order chi connectivity index (χ0) is 70.1. The summed E-state index contributed by atoms with van der Waals surface area (Å²) < 4.78 is 0. The van der Waals surface area contributed by atoms with Crippen LogP contribution in [0.2, 0.25) is 0 Å². The highest BCUT2D eigenvalue weighted by atomic mass is 15.3. The molecule has 0 spiro atoms. The molecule has 8 saturated heterocycles. The van der Waals surface area contributed by atoms with Gasteiger partial charge >= 0.3 is 0 Å². The summed E-state index contributed by atoms with van der Waals surface area (Å²) in [5.74, 6) is 0. The minimum absolute atomic E-state index is 0.698. The Kier molecular flexibility index (Phi) is 43.1. The standard InChI is InChI=1S/4C10H22N2.3C9H20N2.C8H18N2/c4*1-8(2)12-6-9(3)11(5)10(4)7-12;3*1-8(2)11-6-5-10(4)9(3)7-11;1-8(2)10-6-4-9(3)5-7-10/h4*8-10H,6-7H2,1-5H3;3*8-9H,5-7H2,1-4H3;8H,4-7H2,1-3H3/t2*9-,10+;2*9-,10-;2*9-;;/m..1010../s1. The summed E-state index contributed by atoms with van der Waals surface area (Å²) in [6, 6.07) is 13.5. The maximum absolute atomic E-state index is 2.56. The van der Waals surface area contributed by atoms with Gasteiger partial charge in [0, 0.05) is 252 Å². The quantitative estimate of drug-likeness (QED) is 0.232. The van der Waals surface area contributed by atoms with Crippen molar-refractivity contribution in [1.82, 2.24) is 78.4 Å². The van der Waals surface area contributed by atoms with Gasteiger partial charge in [-0.2, -0.15) is 0 Å². The van der Waals surface area contributed by atoms with E-state index in [1.807, 2.05) is 0 Å². The molecule has 0 aromatic rings. The van der Waals surface area contributed by atoms with Crippen LogP contribution in [0.5, 0.6) is 0 Å². The van der Waals surface area contributed by atoms with Gasteiger partial charge in [-0.3, -0.25) is 58.8 Å². The van der Waals surface area contributed by atoms with E-state index in [1.165, 1.54) is 137 Å². The molecule has 91 heavy (non-hydrogen) atoms. The van der Waals surface area contributed by atoms with E-state index < -0.39 is 0 Å². The van der Waals surface area contributed by atoms with E-state index in [0.29, 0.717) is 90.6 Å². The molecule has 8 aliphatic heterocycles. The summed E-state index contributed by atoms with van der Waals surface area (Å²) in [5.41, 5.74) is 0. The van der Waals surface area contributed by atoms with Crippen molar-refractivity contribution < 1.29 is 0 Å². The fourth-order valence-electron chi connectivity index (χ4n) is 13.4. The second-order valence-corrected chi connectivity index (χ2v) is 32.8. The molecule has 16 heteroatoms. The van der Waals surface area contributed by atoms with Crippen LogP contribution in [0.3, 0.4) is 0 Å². The Balaban J connectivity index is 0.000000520. The Hall–Kier alpha value is -0.640. The molecule has 0 saturated carbocycles. The van der Waals surface area contributed by atoms with E-state index in [0.717, 1.165) is 24.2 Å². The average Bonchev–Trinajstić information content (AvgIpc) is 1.59. The van der Waals surface area contributed by atoms with Crippen LogP contribution in [-0.2, 0) is 0 Å². The van der Waals surface area contributed by atoms with E-state index in [2.05, 4.69) is 322 Å². The van der Waals surface area contributed by atoms with E-state index in [1.54, 1.807) is 0 Å². The second-order valence-electron chi connectivity index (χ2n) is 32.8. The molecule has 0 N–H and O–H groups in total. The Labute approximate surface area is 571 Å². The van der Waals surface area contributed by atoms with E-state index in [-0.39, 0.29) is 0 Å². The number of piperazine rings is 8. The molecule has 8 fully saturated rings. The molecule has 0 amide bonds. The molecule has 0 bridgehead atoms. The van der Waals surface area contributed by atoms with E-state index in [9.17, 15) is 0 Å². The van der Waals surface area contributed by atoms with Gasteiger partial charge in [0.25, 0.3) is 0 Å². The maximum Gasteiger partial charge on any atom is 0.0195 e. The number of hydrogen-bond acceptors (Lipinski definition) is 16. The molecule has 11 atom stereocenters. The van der Waals surface area contributed by atoms with Gasteiger partial charge in [0.1, 0.15) is 0 Å². The second kappa shape index (κ2) is 44.4. The molecule has 546 valence electrons. The van der Waals surface area contributed by atoms with Gasteiger partial charge in [0.05, 0.1) is 0 Å². The number of rotatable bonds is 8. The van der Waals surface area contributed by atoms with Crippen molar-refractivity contribution in [3.05, 3.63) is 0 Å². The third-order valence-corrected chi connectivity index (χ3v) is 22.9. The predicted octanol–water partition coefficient (Wildman–Crippen LogP) is 9.41. The number of likely N-dealkylation sites (N-methyl/N-ethyl adjacent to an activating group) is 8. The minimum atomic E-state index is 0.698. The predicted molar refractivity (Wildman–Crippen MR) is 404 cm³/mol. The lowest BCUT2D eigenvalue weighted by atomic mass is 10.1. The van der Waals surface area contributed by atoms with Crippen molar-refractivity contribution in [2.24, 2.45) is 0 Å². The van der Waals surface area contributed by atoms with Crippen LogP contribution < -0.4 is 0 Å². The molecular weight excluding hydrogens is 1120 g/mol. The normalized spacial score (nSPS) is 31.6. The summed E-state index contributed by atoms with van der Waals surface area (Å²) >= 11 is 0. The minimum Gasteiger partial charge on any atom is -0.304 e. The van der Waals surface area contributed by atoms with Crippen molar-refractivity contribution in [2.75, 3.05) is 194 Å². The Morgan fingerprint density at radius 2 is 0.319 bits per heavy atom. The molecule has 0 radical (unpaired) electrons. The number of hydrogen-bond donors (Lipinski definition) is 0. The lowest BCUT2D eigenvalue weighted by Crippen LogP contribution is -2.56. The van der Waals surface area contributed by atoms with Crippen LogP contribution >= 0.6 is 0 Å². The third-order valence-electron chi connectivity index (χ3n) is 22.9. The molecule has 0 aromatic heterocycles. The molecule has 1 unspecified atom stereocenters. The van der Waals surface area contributed by atoms with Crippen LogP contribution in [0.4, 0.5) is 0 Å². The van der Waals surface area contributed by atoms with Crippen molar-refractivity contribution in [3.63, 3.8) is 0 Å². The third kappa shape index (κ3) is 32.7. The zero-order valence-electron chi connectivity index (χ0n) is 68.0. The van der Waals surface area contributed by atoms with Gasteiger partial charge in [-0.1, -0.05) is 0 Å². The summed E-state index contributed by atoms with van der Waals surface area (Å²) in [6.07, 6.45) is 0. The monoisotopic (exact) mass is 1290 g/mol. The van der Waals surface area contributed by atoms with Gasteiger partial charge in [0.2, 0.25) is 0 Å². The zero-order valence-corrected chi connectivity index (χ0v) is 68.0. The van der Waals surface area contributed by atoms with Crippen LogP contribution in [0.1, 0.15) is 187 Å². The Morgan fingerprint density at radius 1 is 0.176 bits per heavy atom. The Morgan fingerprint density at radius 3 is 0.462 bits per heavy atom. The van der Waals surface area contributed by atoms with Crippen LogP contribution in [0.15, 0.2) is 0 Å². The van der Waals surface area contributed by atoms with Crippen molar-refractivity contribution in [2.45, 2.75) is 302 Å². The smallest absolute Gasteiger partial charge is 0.0195 e. The Bertz CT molecular complexity index is 1540. The van der Waals surface area contributed by atoms with Gasteiger partial charge in [-0.25, -0.2) is 0 Å². The molecule has 8 heterocycles. The maximum atomic E-state index is 2.56. The van der Waals surface area contributed by atoms with Crippen molar-refractivity contribution >= 4 is 0 Å². The van der Waals surface area contributed by atoms with Crippen LogP contribution in [0, 0.1) is 0 Å².